The van der Waals surface area contributed by atoms with Crippen molar-refractivity contribution in [2.45, 2.75) is 0 Å². The Bertz CT molecular complexity index is 87.0. The maximum absolute atomic E-state index is 10.4. The largest absolute Gasteiger partial charge is 0.370 e. The van der Waals surface area contributed by atoms with Crippen LogP contribution in [0.5, 0.6) is 0 Å². The first-order valence-electron chi connectivity index (χ1n) is 2.65. The zero-order valence-corrected chi connectivity index (χ0v) is 6.07. The number of amides is 1. The van der Waals surface area contributed by atoms with Gasteiger partial charge in [0.1, 0.15) is 6.61 Å². The highest BCUT2D eigenvalue weighted by atomic mass is 35.5. The van der Waals surface area contributed by atoms with Crippen molar-refractivity contribution in [3.63, 3.8) is 0 Å². The van der Waals surface area contributed by atoms with Crippen molar-refractivity contribution >= 4 is 17.5 Å². The molecule has 4 heteroatoms. The van der Waals surface area contributed by atoms with Crippen LogP contribution < -0.4 is 5.32 Å². The van der Waals surface area contributed by atoms with Crippen LogP contribution >= 0.6 is 11.6 Å². The molecule has 0 aliphatic heterocycles. The molecule has 0 atom stereocenters. The minimum Gasteiger partial charge on any atom is -0.370 e. The van der Waals surface area contributed by atoms with Gasteiger partial charge in [-0.05, 0) is 0 Å². The minimum absolute atomic E-state index is 0.100. The zero-order chi connectivity index (χ0) is 7.11. The summed E-state index contributed by atoms with van der Waals surface area (Å²) < 4.78 is 4.79. The molecule has 0 rings (SSSR count). The monoisotopic (exact) mass is 151 g/mol. The van der Waals surface area contributed by atoms with E-state index in [2.05, 4.69) is 5.32 Å². The van der Waals surface area contributed by atoms with E-state index >= 15 is 0 Å². The third-order valence-electron chi connectivity index (χ3n) is 0.733. The molecular weight excluding hydrogens is 142 g/mol. The first-order chi connectivity index (χ1) is 4.31. The molecule has 0 unspecified atom stereocenters. The molecule has 0 spiro atoms. The van der Waals surface area contributed by atoms with Crippen LogP contribution in [0, 0.1) is 0 Å². The number of hydrogen-bond donors (Lipinski definition) is 1. The van der Waals surface area contributed by atoms with Gasteiger partial charge in [0, 0.05) is 12.9 Å². The summed E-state index contributed by atoms with van der Waals surface area (Å²) in [5.74, 6) is 0.303. The number of likely N-dealkylation sites (N-methyl/N-ethyl adjacent to an activating group) is 1. The summed E-state index contributed by atoms with van der Waals surface area (Å²) in [4.78, 5) is 10.4. The van der Waals surface area contributed by atoms with Crippen molar-refractivity contribution < 1.29 is 9.53 Å². The van der Waals surface area contributed by atoms with Crippen LogP contribution in [-0.2, 0) is 9.53 Å². The van der Waals surface area contributed by atoms with Crippen LogP contribution in [0.3, 0.4) is 0 Å². The molecule has 0 radical (unpaired) electrons. The summed E-state index contributed by atoms with van der Waals surface area (Å²) >= 11 is 5.27. The lowest BCUT2D eigenvalue weighted by Gasteiger charge is -1.98. The number of nitrogens with one attached hydrogen (secondary N) is 1. The summed E-state index contributed by atoms with van der Waals surface area (Å²) in [5, 5.41) is 2.42. The van der Waals surface area contributed by atoms with Crippen LogP contribution in [0.1, 0.15) is 0 Å². The van der Waals surface area contributed by atoms with E-state index in [1.807, 2.05) is 0 Å². The molecule has 1 amide bonds. The summed E-state index contributed by atoms with van der Waals surface area (Å²) in [6.07, 6.45) is 0. The van der Waals surface area contributed by atoms with Gasteiger partial charge in [0.15, 0.2) is 0 Å². The lowest BCUT2D eigenvalue weighted by molar-refractivity contribution is -0.124. The molecule has 0 saturated heterocycles. The molecule has 0 aliphatic carbocycles. The quantitative estimate of drug-likeness (QED) is 0.453. The number of hydrogen-bond acceptors (Lipinski definition) is 2. The number of alkyl halides is 1. The highest BCUT2D eigenvalue weighted by Crippen LogP contribution is 1.77. The van der Waals surface area contributed by atoms with Gasteiger partial charge < -0.3 is 10.1 Å². The number of halogens is 1. The molecule has 0 aromatic carbocycles. The molecule has 0 aliphatic rings. The van der Waals surface area contributed by atoms with Gasteiger partial charge in [-0.2, -0.15) is 0 Å². The van der Waals surface area contributed by atoms with E-state index in [1.165, 1.54) is 0 Å². The number of carbonyl (C=O) groups excluding carboxylic acids is 1. The molecule has 0 saturated carbocycles. The van der Waals surface area contributed by atoms with Gasteiger partial charge >= 0.3 is 0 Å². The van der Waals surface area contributed by atoms with Gasteiger partial charge in [-0.3, -0.25) is 4.79 Å². The smallest absolute Gasteiger partial charge is 0.245 e. The van der Waals surface area contributed by atoms with E-state index in [9.17, 15) is 4.79 Å². The average molecular weight is 152 g/mol. The van der Waals surface area contributed by atoms with E-state index in [4.69, 9.17) is 16.3 Å². The molecule has 9 heavy (non-hydrogen) atoms. The molecule has 0 aromatic rings. The molecule has 3 nitrogen and oxygen atoms in total. The van der Waals surface area contributed by atoms with Gasteiger partial charge in [-0.15, -0.1) is 11.6 Å². The third-order valence-corrected chi connectivity index (χ3v) is 0.888. The van der Waals surface area contributed by atoms with E-state index in [1.54, 1.807) is 7.05 Å². The molecule has 0 aromatic heterocycles. The standard InChI is InChI=1S/C5H10ClNO2/c1-7-5(8)4-9-3-2-6/h2-4H2,1H3,(H,7,8). The van der Waals surface area contributed by atoms with Crippen molar-refractivity contribution in [2.75, 3.05) is 26.1 Å². The van der Waals surface area contributed by atoms with Gasteiger partial charge in [0.05, 0.1) is 6.61 Å². The van der Waals surface area contributed by atoms with Crippen molar-refractivity contribution in [1.82, 2.24) is 5.32 Å². The Morgan fingerprint density at radius 1 is 1.78 bits per heavy atom. The second kappa shape index (κ2) is 5.85. The second-order valence-electron chi connectivity index (χ2n) is 1.41. The van der Waals surface area contributed by atoms with Crippen molar-refractivity contribution in [3.05, 3.63) is 0 Å². The predicted molar refractivity (Wildman–Crippen MR) is 35.6 cm³/mol. The van der Waals surface area contributed by atoms with Crippen LogP contribution in [0.25, 0.3) is 0 Å². The Labute approximate surface area is 59.3 Å². The van der Waals surface area contributed by atoms with E-state index in [0.717, 1.165) is 0 Å². The Hall–Kier alpha value is -0.280. The normalized spacial score (nSPS) is 9.11. The Morgan fingerprint density at radius 2 is 2.44 bits per heavy atom. The lowest BCUT2D eigenvalue weighted by atomic mass is 10.6. The van der Waals surface area contributed by atoms with Gasteiger partial charge in [0.25, 0.3) is 0 Å². The number of rotatable bonds is 4. The van der Waals surface area contributed by atoms with Crippen molar-refractivity contribution in [3.8, 4) is 0 Å². The first kappa shape index (κ1) is 8.72. The topological polar surface area (TPSA) is 38.3 Å². The molecule has 0 heterocycles. The van der Waals surface area contributed by atoms with Crippen LogP contribution in [0.2, 0.25) is 0 Å². The van der Waals surface area contributed by atoms with E-state index in [-0.39, 0.29) is 12.5 Å². The SMILES string of the molecule is CNC(=O)COCCCl. The average Bonchev–Trinajstić information content (AvgIpc) is 1.89. The zero-order valence-electron chi connectivity index (χ0n) is 5.32. The van der Waals surface area contributed by atoms with E-state index in [0.29, 0.717) is 12.5 Å². The van der Waals surface area contributed by atoms with E-state index < -0.39 is 0 Å². The van der Waals surface area contributed by atoms with Crippen molar-refractivity contribution in [2.24, 2.45) is 0 Å². The van der Waals surface area contributed by atoms with Gasteiger partial charge in [0.2, 0.25) is 5.91 Å². The second-order valence-corrected chi connectivity index (χ2v) is 1.79. The maximum Gasteiger partial charge on any atom is 0.245 e. The fourth-order valence-corrected chi connectivity index (χ4v) is 0.401. The predicted octanol–water partition coefficient (Wildman–Crippen LogP) is -0.0122. The summed E-state index contributed by atoms with van der Waals surface area (Å²) in [6.45, 7) is 0.526. The number of carbonyl (C=O) groups is 1. The third kappa shape index (κ3) is 5.59. The Morgan fingerprint density at radius 3 is 2.89 bits per heavy atom. The molecule has 1 N–H and O–H groups in total. The molecular formula is C5H10ClNO2. The molecule has 0 fully saturated rings. The fraction of sp³-hybridized carbons (Fsp3) is 0.800. The Balaban J connectivity index is 2.97. The summed E-state index contributed by atoms with van der Waals surface area (Å²) in [6, 6.07) is 0. The summed E-state index contributed by atoms with van der Waals surface area (Å²) in [7, 11) is 1.56. The Kier molecular flexibility index (Phi) is 5.67. The maximum atomic E-state index is 10.4. The van der Waals surface area contributed by atoms with Crippen molar-refractivity contribution in [1.29, 1.82) is 0 Å². The van der Waals surface area contributed by atoms with Crippen LogP contribution in [0.15, 0.2) is 0 Å². The molecule has 54 valence electrons. The van der Waals surface area contributed by atoms with Crippen LogP contribution in [0.4, 0.5) is 0 Å². The lowest BCUT2D eigenvalue weighted by Crippen LogP contribution is -2.23. The first-order valence-corrected chi connectivity index (χ1v) is 3.19. The highest BCUT2D eigenvalue weighted by molar-refractivity contribution is 6.17. The fourth-order valence-electron chi connectivity index (χ4n) is 0.292. The van der Waals surface area contributed by atoms with Crippen LogP contribution in [-0.4, -0.2) is 32.0 Å². The summed E-state index contributed by atoms with van der Waals surface area (Å²) in [5.41, 5.74) is 0. The minimum atomic E-state index is -0.125. The van der Waals surface area contributed by atoms with Gasteiger partial charge in [-0.25, -0.2) is 0 Å². The molecule has 0 bridgehead atoms. The number of ether oxygens (including phenoxy) is 1. The highest BCUT2D eigenvalue weighted by Gasteiger charge is 1.94. The van der Waals surface area contributed by atoms with Gasteiger partial charge in [-0.1, -0.05) is 0 Å².